The van der Waals surface area contributed by atoms with Gasteiger partial charge < -0.3 is 14.5 Å². The van der Waals surface area contributed by atoms with Gasteiger partial charge in [-0.1, -0.05) is 30.3 Å². The third kappa shape index (κ3) is 4.94. The van der Waals surface area contributed by atoms with E-state index in [1.165, 1.54) is 5.56 Å². The van der Waals surface area contributed by atoms with Gasteiger partial charge in [-0.15, -0.1) is 10.2 Å². The summed E-state index contributed by atoms with van der Waals surface area (Å²) >= 11 is 0. The second kappa shape index (κ2) is 9.17. The highest BCUT2D eigenvalue weighted by Gasteiger charge is 2.21. The van der Waals surface area contributed by atoms with Crippen LogP contribution >= 0.6 is 0 Å². The minimum Gasteiger partial charge on any atom is -0.477 e. The van der Waals surface area contributed by atoms with Crippen LogP contribution < -0.4 is 9.64 Å². The number of rotatable bonds is 7. The first kappa shape index (κ1) is 18.2. The molecule has 1 aromatic carbocycles. The van der Waals surface area contributed by atoms with Crippen molar-refractivity contribution in [1.82, 2.24) is 15.1 Å². The van der Waals surface area contributed by atoms with E-state index in [2.05, 4.69) is 27.2 Å². The summed E-state index contributed by atoms with van der Waals surface area (Å²) in [6, 6.07) is 14.1. The quantitative estimate of drug-likeness (QED) is 0.765. The van der Waals surface area contributed by atoms with Crippen LogP contribution in [0.2, 0.25) is 0 Å². The van der Waals surface area contributed by atoms with E-state index in [0.717, 1.165) is 44.8 Å². The summed E-state index contributed by atoms with van der Waals surface area (Å²) in [6.07, 6.45) is 2.46. The number of ether oxygens (including phenoxy) is 1. The zero-order valence-electron chi connectivity index (χ0n) is 15.3. The Kier molecular flexibility index (Phi) is 6.41. The zero-order chi connectivity index (χ0) is 18.2. The van der Waals surface area contributed by atoms with E-state index < -0.39 is 0 Å². The summed E-state index contributed by atoms with van der Waals surface area (Å²) in [5, 5.41) is 8.29. The number of carbonyl (C=O) groups is 1. The molecule has 3 rings (SSSR count). The molecule has 0 saturated carbocycles. The summed E-state index contributed by atoms with van der Waals surface area (Å²) in [4.78, 5) is 16.5. The Morgan fingerprint density at radius 2 is 1.81 bits per heavy atom. The van der Waals surface area contributed by atoms with E-state index >= 15 is 0 Å². The predicted molar refractivity (Wildman–Crippen MR) is 101 cm³/mol. The Morgan fingerprint density at radius 3 is 2.46 bits per heavy atom. The fourth-order valence-corrected chi connectivity index (χ4v) is 3.14. The lowest BCUT2D eigenvalue weighted by Crippen LogP contribution is -2.49. The fourth-order valence-electron chi connectivity index (χ4n) is 3.14. The maximum atomic E-state index is 12.4. The van der Waals surface area contributed by atoms with Crippen LogP contribution in [0.3, 0.4) is 0 Å². The fraction of sp³-hybridized carbons (Fsp3) is 0.450. The molecule has 6 nitrogen and oxygen atoms in total. The summed E-state index contributed by atoms with van der Waals surface area (Å²) in [5.41, 5.74) is 1.29. The van der Waals surface area contributed by atoms with Crippen molar-refractivity contribution in [1.29, 1.82) is 0 Å². The van der Waals surface area contributed by atoms with Gasteiger partial charge in [-0.2, -0.15) is 0 Å². The van der Waals surface area contributed by atoms with Gasteiger partial charge in [-0.3, -0.25) is 4.79 Å². The van der Waals surface area contributed by atoms with E-state index in [9.17, 15) is 4.79 Å². The topological polar surface area (TPSA) is 58.6 Å². The number of piperazine rings is 1. The molecule has 0 bridgehead atoms. The minimum absolute atomic E-state index is 0.248. The van der Waals surface area contributed by atoms with Gasteiger partial charge >= 0.3 is 0 Å². The van der Waals surface area contributed by atoms with Crippen molar-refractivity contribution in [2.75, 3.05) is 37.7 Å². The van der Waals surface area contributed by atoms with E-state index in [1.807, 2.05) is 42.2 Å². The number of hydrogen-bond donors (Lipinski definition) is 0. The lowest BCUT2D eigenvalue weighted by Gasteiger charge is -2.35. The van der Waals surface area contributed by atoms with Gasteiger partial charge in [0.15, 0.2) is 5.82 Å². The molecule has 0 N–H and O–H groups in total. The van der Waals surface area contributed by atoms with Gasteiger partial charge in [-0.25, -0.2) is 0 Å². The van der Waals surface area contributed by atoms with Crippen molar-refractivity contribution < 1.29 is 9.53 Å². The zero-order valence-corrected chi connectivity index (χ0v) is 15.3. The molecule has 1 aromatic heterocycles. The third-order valence-corrected chi connectivity index (χ3v) is 4.57. The van der Waals surface area contributed by atoms with Crippen molar-refractivity contribution >= 4 is 11.7 Å². The molecule has 1 amide bonds. The Hall–Kier alpha value is -2.63. The van der Waals surface area contributed by atoms with Gasteiger partial charge in [0, 0.05) is 38.7 Å². The summed E-state index contributed by atoms with van der Waals surface area (Å²) in [5.74, 6) is 1.63. The second-order valence-corrected chi connectivity index (χ2v) is 6.37. The molecule has 0 radical (unpaired) electrons. The van der Waals surface area contributed by atoms with Crippen LogP contribution in [0.15, 0.2) is 42.5 Å². The largest absolute Gasteiger partial charge is 0.477 e. The smallest absolute Gasteiger partial charge is 0.233 e. The molecular formula is C20H26N4O2. The molecule has 0 unspecified atom stereocenters. The Labute approximate surface area is 154 Å². The lowest BCUT2D eigenvalue weighted by atomic mass is 10.1. The lowest BCUT2D eigenvalue weighted by molar-refractivity contribution is -0.131. The monoisotopic (exact) mass is 354 g/mol. The van der Waals surface area contributed by atoms with Crippen LogP contribution in [0.1, 0.15) is 25.3 Å². The van der Waals surface area contributed by atoms with Crippen LogP contribution in [0.4, 0.5) is 5.82 Å². The Bertz CT molecular complexity index is 683. The maximum absolute atomic E-state index is 12.4. The summed E-state index contributed by atoms with van der Waals surface area (Å²) in [6.45, 7) is 5.54. The van der Waals surface area contributed by atoms with E-state index in [4.69, 9.17) is 4.74 Å². The number of carbonyl (C=O) groups excluding carboxylic acids is 1. The van der Waals surface area contributed by atoms with Gasteiger partial charge in [0.2, 0.25) is 11.8 Å². The summed E-state index contributed by atoms with van der Waals surface area (Å²) in [7, 11) is 0. The van der Waals surface area contributed by atoms with Crippen LogP contribution in [0.5, 0.6) is 5.88 Å². The average molecular weight is 354 g/mol. The molecule has 26 heavy (non-hydrogen) atoms. The standard InChI is InChI=1S/C20H26N4O2/c1-2-26-19-12-11-18(21-22-19)23-13-15-24(16-14-23)20(25)10-6-9-17-7-4-3-5-8-17/h3-5,7-8,11-12H,2,6,9-10,13-16H2,1H3. The average Bonchev–Trinajstić information content (AvgIpc) is 2.70. The van der Waals surface area contributed by atoms with Crippen molar-refractivity contribution in [2.24, 2.45) is 0 Å². The van der Waals surface area contributed by atoms with Gasteiger partial charge in [0.1, 0.15) is 0 Å². The van der Waals surface area contributed by atoms with E-state index in [0.29, 0.717) is 18.9 Å². The molecule has 2 heterocycles. The highest BCUT2D eigenvalue weighted by Crippen LogP contribution is 2.16. The normalized spacial score (nSPS) is 14.3. The molecule has 0 spiro atoms. The first-order chi connectivity index (χ1) is 12.8. The molecule has 1 fully saturated rings. The molecule has 0 aliphatic carbocycles. The maximum Gasteiger partial charge on any atom is 0.233 e. The number of anilines is 1. The number of amides is 1. The number of aryl methyl sites for hydroxylation is 1. The van der Waals surface area contributed by atoms with Crippen molar-refractivity contribution in [3.05, 3.63) is 48.0 Å². The van der Waals surface area contributed by atoms with Gasteiger partial charge in [0.25, 0.3) is 0 Å². The van der Waals surface area contributed by atoms with Crippen LogP contribution in [-0.4, -0.2) is 53.8 Å². The number of hydrogen-bond acceptors (Lipinski definition) is 5. The number of nitrogens with zero attached hydrogens (tertiary/aromatic N) is 4. The highest BCUT2D eigenvalue weighted by molar-refractivity contribution is 5.76. The van der Waals surface area contributed by atoms with Crippen LogP contribution in [-0.2, 0) is 11.2 Å². The van der Waals surface area contributed by atoms with Crippen molar-refractivity contribution in [2.45, 2.75) is 26.2 Å². The van der Waals surface area contributed by atoms with Crippen molar-refractivity contribution in [3.8, 4) is 5.88 Å². The van der Waals surface area contributed by atoms with Gasteiger partial charge in [0.05, 0.1) is 6.61 Å². The second-order valence-electron chi connectivity index (χ2n) is 6.37. The first-order valence-corrected chi connectivity index (χ1v) is 9.29. The molecule has 2 aromatic rings. The number of aromatic nitrogens is 2. The predicted octanol–water partition coefficient (Wildman–Crippen LogP) is 2.55. The third-order valence-electron chi connectivity index (χ3n) is 4.57. The minimum atomic E-state index is 0.248. The molecule has 1 aliphatic heterocycles. The number of benzene rings is 1. The molecule has 6 heteroatoms. The Balaban J connectivity index is 1.42. The molecular weight excluding hydrogens is 328 g/mol. The molecule has 1 aliphatic rings. The van der Waals surface area contributed by atoms with Crippen molar-refractivity contribution in [3.63, 3.8) is 0 Å². The van der Waals surface area contributed by atoms with Crippen LogP contribution in [0, 0.1) is 0 Å². The molecule has 138 valence electrons. The first-order valence-electron chi connectivity index (χ1n) is 9.29. The van der Waals surface area contributed by atoms with E-state index in [-0.39, 0.29) is 5.91 Å². The highest BCUT2D eigenvalue weighted by atomic mass is 16.5. The van der Waals surface area contributed by atoms with E-state index in [1.54, 1.807) is 0 Å². The van der Waals surface area contributed by atoms with Crippen LogP contribution in [0.25, 0.3) is 0 Å². The summed E-state index contributed by atoms with van der Waals surface area (Å²) < 4.78 is 5.32. The van der Waals surface area contributed by atoms with Gasteiger partial charge in [-0.05, 0) is 31.4 Å². The molecule has 1 saturated heterocycles. The SMILES string of the molecule is CCOc1ccc(N2CCN(C(=O)CCCc3ccccc3)CC2)nn1. The Morgan fingerprint density at radius 1 is 1.04 bits per heavy atom. The molecule has 0 atom stereocenters.